The maximum atomic E-state index is 11.9. The molecule has 0 aliphatic carbocycles. The molecule has 0 spiro atoms. The van der Waals surface area contributed by atoms with Gasteiger partial charge in [0.1, 0.15) is 18.2 Å². The largest absolute Gasteiger partial charge is 0.480 e. The van der Waals surface area contributed by atoms with Gasteiger partial charge >= 0.3 is 12.0 Å². The number of rotatable bonds is 4. The Balaban J connectivity index is 1.81. The molecule has 1 saturated heterocycles. The molecule has 2 N–H and O–H groups in total. The standard InChI is InChI=1S/C10H15N5O3S/c1-14-5-12-13-8(14)2-3-11-10(18)15-6-19-4-7(15)9(16)17/h5,7H,2-4,6H2,1H3,(H,11,18)(H,16,17)/t7-/m0/s1. The van der Waals surface area contributed by atoms with Gasteiger partial charge in [-0.25, -0.2) is 9.59 Å². The summed E-state index contributed by atoms with van der Waals surface area (Å²) in [6.07, 6.45) is 2.15. The van der Waals surface area contributed by atoms with Crippen LogP contribution in [0.3, 0.4) is 0 Å². The fourth-order valence-electron chi connectivity index (χ4n) is 1.76. The Kier molecular flexibility index (Phi) is 4.25. The predicted octanol–water partition coefficient (Wildman–Crippen LogP) is -0.473. The minimum absolute atomic E-state index is 0.348. The maximum absolute atomic E-state index is 11.9. The molecule has 104 valence electrons. The number of hydrogen-bond acceptors (Lipinski definition) is 5. The fraction of sp³-hybridized carbons (Fsp3) is 0.600. The van der Waals surface area contributed by atoms with Crippen LogP contribution in [0.15, 0.2) is 6.33 Å². The number of aromatic nitrogens is 3. The van der Waals surface area contributed by atoms with Crippen LogP contribution in [-0.2, 0) is 18.3 Å². The third-order valence-corrected chi connectivity index (χ3v) is 3.87. The van der Waals surface area contributed by atoms with Crippen LogP contribution >= 0.6 is 11.8 Å². The van der Waals surface area contributed by atoms with Crippen molar-refractivity contribution < 1.29 is 14.7 Å². The highest BCUT2D eigenvalue weighted by Gasteiger charge is 2.34. The summed E-state index contributed by atoms with van der Waals surface area (Å²) in [7, 11) is 1.83. The molecule has 1 aromatic rings. The van der Waals surface area contributed by atoms with Crippen molar-refractivity contribution in [3.05, 3.63) is 12.2 Å². The van der Waals surface area contributed by atoms with Gasteiger partial charge in [0.15, 0.2) is 0 Å². The summed E-state index contributed by atoms with van der Waals surface area (Å²) >= 11 is 1.44. The summed E-state index contributed by atoms with van der Waals surface area (Å²) in [6.45, 7) is 0.402. The van der Waals surface area contributed by atoms with Crippen LogP contribution < -0.4 is 5.32 Å². The van der Waals surface area contributed by atoms with Crippen LogP contribution in [0.25, 0.3) is 0 Å². The van der Waals surface area contributed by atoms with Gasteiger partial charge in [0.25, 0.3) is 0 Å². The van der Waals surface area contributed by atoms with Crippen molar-refractivity contribution in [3.63, 3.8) is 0 Å². The molecule has 0 unspecified atom stereocenters. The van der Waals surface area contributed by atoms with Crippen molar-refractivity contribution in [2.45, 2.75) is 12.5 Å². The van der Waals surface area contributed by atoms with Gasteiger partial charge in [-0.05, 0) is 0 Å². The van der Waals surface area contributed by atoms with E-state index in [1.54, 1.807) is 10.9 Å². The van der Waals surface area contributed by atoms with Crippen LogP contribution in [0.1, 0.15) is 5.82 Å². The van der Waals surface area contributed by atoms with Crippen LogP contribution in [0, 0.1) is 0 Å². The summed E-state index contributed by atoms with van der Waals surface area (Å²) in [5.41, 5.74) is 0. The minimum Gasteiger partial charge on any atom is -0.480 e. The number of aryl methyl sites for hydroxylation is 1. The molecule has 0 radical (unpaired) electrons. The maximum Gasteiger partial charge on any atom is 0.327 e. The zero-order valence-electron chi connectivity index (χ0n) is 10.4. The van der Waals surface area contributed by atoms with E-state index < -0.39 is 12.0 Å². The number of nitrogens with one attached hydrogen (secondary N) is 1. The van der Waals surface area contributed by atoms with E-state index in [2.05, 4.69) is 15.5 Å². The molecular formula is C10H15N5O3S. The average Bonchev–Trinajstić information content (AvgIpc) is 2.98. The number of carbonyl (C=O) groups is 2. The normalized spacial score (nSPS) is 18.6. The second-order valence-electron chi connectivity index (χ2n) is 4.16. The first kappa shape index (κ1) is 13.7. The van der Waals surface area contributed by atoms with E-state index in [-0.39, 0.29) is 6.03 Å². The Morgan fingerprint density at radius 2 is 2.42 bits per heavy atom. The molecule has 1 aliphatic rings. The molecule has 1 aliphatic heterocycles. The Morgan fingerprint density at radius 1 is 1.63 bits per heavy atom. The number of carboxylic acid groups (broad SMARTS) is 1. The number of aliphatic carboxylic acids is 1. The lowest BCUT2D eigenvalue weighted by atomic mass is 10.3. The topological polar surface area (TPSA) is 100 Å². The van der Waals surface area contributed by atoms with Crippen LogP contribution in [0.5, 0.6) is 0 Å². The van der Waals surface area contributed by atoms with Crippen molar-refractivity contribution in [2.24, 2.45) is 7.05 Å². The van der Waals surface area contributed by atoms with E-state index in [9.17, 15) is 9.59 Å². The van der Waals surface area contributed by atoms with Gasteiger partial charge in [0.2, 0.25) is 0 Å². The molecule has 8 nitrogen and oxygen atoms in total. The summed E-state index contributed by atoms with van der Waals surface area (Å²) < 4.78 is 1.78. The highest BCUT2D eigenvalue weighted by molar-refractivity contribution is 7.99. The van der Waals surface area contributed by atoms with Gasteiger partial charge in [-0.2, -0.15) is 0 Å². The number of hydrogen-bond donors (Lipinski definition) is 2. The van der Waals surface area contributed by atoms with Gasteiger partial charge in [-0.1, -0.05) is 0 Å². The van der Waals surface area contributed by atoms with Gasteiger partial charge < -0.3 is 19.9 Å². The first-order chi connectivity index (χ1) is 9.09. The monoisotopic (exact) mass is 285 g/mol. The van der Waals surface area contributed by atoms with Crippen molar-refractivity contribution >= 4 is 23.8 Å². The van der Waals surface area contributed by atoms with E-state index >= 15 is 0 Å². The molecule has 0 saturated carbocycles. The highest BCUT2D eigenvalue weighted by atomic mass is 32.2. The number of nitrogens with zero attached hydrogens (tertiary/aromatic N) is 4. The Morgan fingerprint density at radius 3 is 3.05 bits per heavy atom. The molecular weight excluding hydrogens is 270 g/mol. The summed E-state index contributed by atoms with van der Waals surface area (Å²) in [6, 6.07) is -1.08. The van der Waals surface area contributed by atoms with E-state index in [0.29, 0.717) is 24.6 Å². The second kappa shape index (κ2) is 5.91. The minimum atomic E-state index is -0.964. The van der Waals surface area contributed by atoms with Crippen LogP contribution in [0.2, 0.25) is 0 Å². The van der Waals surface area contributed by atoms with Crippen molar-refractivity contribution in [1.82, 2.24) is 25.0 Å². The molecule has 0 aromatic carbocycles. The Hall–Kier alpha value is -1.77. The molecule has 2 rings (SSSR count). The molecule has 1 fully saturated rings. The molecule has 0 bridgehead atoms. The SMILES string of the molecule is Cn1cnnc1CCNC(=O)N1CSC[C@H]1C(=O)O. The lowest BCUT2D eigenvalue weighted by molar-refractivity contribution is -0.140. The predicted molar refractivity (Wildman–Crippen MR) is 68.7 cm³/mol. The fourth-order valence-corrected chi connectivity index (χ4v) is 2.91. The Labute approximate surface area is 114 Å². The quantitative estimate of drug-likeness (QED) is 0.775. The third-order valence-electron chi connectivity index (χ3n) is 2.86. The van der Waals surface area contributed by atoms with E-state index in [1.165, 1.54) is 16.7 Å². The van der Waals surface area contributed by atoms with Crippen LogP contribution in [-0.4, -0.2) is 61.0 Å². The Bertz CT molecular complexity index is 477. The van der Waals surface area contributed by atoms with Gasteiger partial charge in [0, 0.05) is 25.8 Å². The van der Waals surface area contributed by atoms with Gasteiger partial charge in [-0.15, -0.1) is 22.0 Å². The van der Waals surface area contributed by atoms with Crippen LogP contribution in [0.4, 0.5) is 4.79 Å². The third kappa shape index (κ3) is 3.16. The van der Waals surface area contributed by atoms with Crippen molar-refractivity contribution in [3.8, 4) is 0 Å². The van der Waals surface area contributed by atoms with E-state index in [0.717, 1.165) is 5.82 Å². The summed E-state index contributed by atoms with van der Waals surface area (Å²) in [4.78, 5) is 24.2. The second-order valence-corrected chi connectivity index (χ2v) is 5.16. The summed E-state index contributed by atoms with van der Waals surface area (Å²) in [5, 5.41) is 19.3. The van der Waals surface area contributed by atoms with Crippen molar-refractivity contribution in [1.29, 1.82) is 0 Å². The van der Waals surface area contributed by atoms with Gasteiger partial charge in [0.05, 0.1) is 5.88 Å². The molecule has 9 heteroatoms. The zero-order valence-corrected chi connectivity index (χ0v) is 11.3. The smallest absolute Gasteiger partial charge is 0.327 e. The lowest BCUT2D eigenvalue weighted by Gasteiger charge is -2.20. The molecule has 19 heavy (non-hydrogen) atoms. The lowest BCUT2D eigenvalue weighted by Crippen LogP contribution is -2.47. The first-order valence-electron chi connectivity index (χ1n) is 5.77. The number of carbonyl (C=O) groups excluding carboxylic acids is 1. The first-order valence-corrected chi connectivity index (χ1v) is 6.93. The molecule has 1 aromatic heterocycles. The van der Waals surface area contributed by atoms with Gasteiger partial charge in [-0.3, -0.25) is 0 Å². The summed E-state index contributed by atoms with van der Waals surface area (Å²) in [5.74, 6) is 0.651. The molecule has 1 atom stereocenters. The molecule has 2 amide bonds. The number of carboxylic acids is 1. The highest BCUT2D eigenvalue weighted by Crippen LogP contribution is 2.20. The number of urea groups is 1. The average molecular weight is 285 g/mol. The number of amides is 2. The van der Waals surface area contributed by atoms with Crippen molar-refractivity contribution in [2.75, 3.05) is 18.2 Å². The zero-order chi connectivity index (χ0) is 13.8. The van der Waals surface area contributed by atoms with E-state index in [1.807, 2.05) is 7.05 Å². The van der Waals surface area contributed by atoms with E-state index in [4.69, 9.17) is 5.11 Å². The number of thioether (sulfide) groups is 1. The molecule has 2 heterocycles.